The van der Waals surface area contributed by atoms with Crippen LogP contribution in [-0.2, 0) is 0 Å². The van der Waals surface area contributed by atoms with Crippen molar-refractivity contribution in [3.63, 3.8) is 0 Å². The number of carbonyl (C=O) groups is 1. The Kier molecular flexibility index (Phi) is 3.33. The van der Waals surface area contributed by atoms with Crippen molar-refractivity contribution in [2.75, 3.05) is 0 Å². The molecule has 0 fully saturated rings. The lowest BCUT2D eigenvalue weighted by molar-refractivity contribution is 0.0968. The zero-order valence-corrected chi connectivity index (χ0v) is 11.8. The van der Waals surface area contributed by atoms with E-state index in [9.17, 15) is 4.79 Å². The minimum Gasteiger partial charge on any atom is -0.360 e. The van der Waals surface area contributed by atoms with Crippen LogP contribution in [0.25, 0.3) is 10.9 Å². The summed E-state index contributed by atoms with van der Waals surface area (Å²) in [7, 11) is 0. The summed E-state index contributed by atoms with van der Waals surface area (Å²) in [6, 6.07) is 15.4. The van der Waals surface area contributed by atoms with Crippen LogP contribution >= 0.6 is 11.6 Å². The lowest BCUT2D eigenvalue weighted by Gasteiger charge is -2.10. The molecule has 1 aromatic heterocycles. The molecule has 0 bridgehead atoms. The van der Waals surface area contributed by atoms with E-state index >= 15 is 0 Å². The largest absolute Gasteiger partial charge is 0.360 e. The van der Waals surface area contributed by atoms with Crippen LogP contribution in [-0.4, -0.2) is 10.8 Å². The summed E-state index contributed by atoms with van der Waals surface area (Å²) in [6.07, 6.45) is 1.75. The van der Waals surface area contributed by atoms with Crippen molar-refractivity contribution in [3.8, 4) is 0 Å². The number of rotatable bonds is 3. The van der Waals surface area contributed by atoms with Crippen molar-refractivity contribution in [1.29, 1.82) is 0 Å². The van der Waals surface area contributed by atoms with Gasteiger partial charge in [-0.15, -0.1) is 0 Å². The summed E-state index contributed by atoms with van der Waals surface area (Å²) in [5.41, 5.74) is 2.56. The van der Waals surface area contributed by atoms with E-state index in [-0.39, 0.29) is 11.7 Å². The highest BCUT2D eigenvalue weighted by atomic mass is 35.5. The second kappa shape index (κ2) is 5.14. The van der Waals surface area contributed by atoms with Crippen LogP contribution in [0.15, 0.2) is 54.7 Å². The van der Waals surface area contributed by atoms with Crippen molar-refractivity contribution in [2.24, 2.45) is 0 Å². The highest BCUT2D eigenvalue weighted by Crippen LogP contribution is 2.30. The molecule has 1 atom stereocenters. The molecule has 0 saturated heterocycles. The molecule has 0 aliphatic heterocycles. The quantitative estimate of drug-likeness (QED) is 0.688. The smallest absolute Gasteiger partial charge is 0.172 e. The fourth-order valence-corrected chi connectivity index (χ4v) is 2.74. The number of carbonyl (C=O) groups excluding carboxylic acids is 1. The van der Waals surface area contributed by atoms with E-state index in [1.165, 1.54) is 0 Å². The van der Waals surface area contributed by atoms with Gasteiger partial charge in [0.05, 0.1) is 5.02 Å². The summed E-state index contributed by atoms with van der Waals surface area (Å²) < 4.78 is 0. The van der Waals surface area contributed by atoms with Crippen LogP contribution < -0.4 is 0 Å². The number of H-pyrrole nitrogens is 1. The minimum absolute atomic E-state index is 0.0792. The highest BCUT2D eigenvalue weighted by Gasteiger charge is 2.21. The number of ketones is 1. The molecule has 0 saturated carbocycles. The summed E-state index contributed by atoms with van der Waals surface area (Å²) in [4.78, 5) is 15.8. The van der Waals surface area contributed by atoms with Gasteiger partial charge in [-0.25, -0.2) is 0 Å². The van der Waals surface area contributed by atoms with Crippen LogP contribution in [0.2, 0.25) is 5.02 Å². The van der Waals surface area contributed by atoms with Gasteiger partial charge in [0.1, 0.15) is 0 Å². The molecule has 2 nitrogen and oxygen atoms in total. The molecule has 0 amide bonds. The number of fused-ring (bicyclic) bond motifs is 1. The van der Waals surface area contributed by atoms with E-state index in [1.807, 2.05) is 55.5 Å². The molecule has 3 heteroatoms. The minimum atomic E-state index is -0.188. The molecule has 1 unspecified atom stereocenters. The first-order valence-electron chi connectivity index (χ1n) is 6.53. The predicted molar refractivity (Wildman–Crippen MR) is 82.5 cm³/mol. The molecule has 0 radical (unpaired) electrons. The molecule has 100 valence electrons. The Hall–Kier alpha value is -2.06. The maximum Gasteiger partial charge on any atom is 0.172 e. The average molecular weight is 284 g/mol. The zero-order valence-electron chi connectivity index (χ0n) is 11.1. The average Bonchev–Trinajstić information content (AvgIpc) is 2.92. The van der Waals surface area contributed by atoms with Gasteiger partial charge in [-0.05, 0) is 17.7 Å². The van der Waals surface area contributed by atoms with E-state index in [0.717, 1.165) is 16.5 Å². The van der Waals surface area contributed by atoms with E-state index in [4.69, 9.17) is 11.6 Å². The Bertz CT molecular complexity index is 761. The van der Waals surface area contributed by atoms with Gasteiger partial charge in [0.15, 0.2) is 5.78 Å². The normalized spacial score (nSPS) is 12.5. The Morgan fingerprint density at radius 1 is 1.10 bits per heavy atom. The van der Waals surface area contributed by atoms with Crippen molar-refractivity contribution in [1.82, 2.24) is 4.98 Å². The number of benzene rings is 2. The van der Waals surface area contributed by atoms with Gasteiger partial charge in [0.25, 0.3) is 0 Å². The molecule has 3 aromatic rings. The molecule has 3 rings (SSSR count). The maximum atomic E-state index is 12.7. The number of aromatic amines is 1. The van der Waals surface area contributed by atoms with Crippen LogP contribution in [0.3, 0.4) is 0 Å². The summed E-state index contributed by atoms with van der Waals surface area (Å²) in [5.74, 6) is -0.109. The Balaban J connectivity index is 2.05. The summed E-state index contributed by atoms with van der Waals surface area (Å²) in [5, 5.41) is 1.41. The van der Waals surface area contributed by atoms with Crippen LogP contribution in [0.4, 0.5) is 0 Å². The van der Waals surface area contributed by atoms with E-state index in [0.29, 0.717) is 10.6 Å². The standard InChI is InChI=1S/C17H14ClNO/c1-11(12-6-3-2-4-7-12)17(20)13-10-19-15-9-5-8-14(18)16(13)15/h2-11,19H,1H3. The Morgan fingerprint density at radius 2 is 1.85 bits per heavy atom. The van der Waals surface area contributed by atoms with Crippen molar-refractivity contribution in [2.45, 2.75) is 12.8 Å². The van der Waals surface area contributed by atoms with Crippen LogP contribution in [0, 0.1) is 0 Å². The van der Waals surface area contributed by atoms with Gasteiger partial charge >= 0.3 is 0 Å². The first-order valence-corrected chi connectivity index (χ1v) is 6.91. The van der Waals surface area contributed by atoms with Crippen LogP contribution in [0.5, 0.6) is 0 Å². The zero-order chi connectivity index (χ0) is 14.1. The highest BCUT2D eigenvalue weighted by molar-refractivity contribution is 6.37. The number of halogens is 1. The topological polar surface area (TPSA) is 32.9 Å². The second-order valence-electron chi connectivity index (χ2n) is 4.86. The summed E-state index contributed by atoms with van der Waals surface area (Å²) >= 11 is 6.23. The first-order chi connectivity index (χ1) is 9.68. The van der Waals surface area contributed by atoms with E-state index in [1.54, 1.807) is 6.20 Å². The lowest BCUT2D eigenvalue weighted by atomic mass is 9.92. The molecule has 0 spiro atoms. The third-order valence-corrected chi connectivity index (χ3v) is 3.93. The molecule has 0 aliphatic rings. The molecule has 1 N–H and O–H groups in total. The Labute approximate surface area is 122 Å². The number of nitrogens with one attached hydrogen (secondary N) is 1. The number of Topliss-reactive ketones (excluding diaryl/α,β-unsaturated/α-hetero) is 1. The van der Waals surface area contributed by atoms with Crippen molar-refractivity contribution in [3.05, 3.63) is 70.9 Å². The molecular weight excluding hydrogens is 270 g/mol. The fourth-order valence-electron chi connectivity index (χ4n) is 2.46. The monoisotopic (exact) mass is 283 g/mol. The van der Waals surface area contributed by atoms with Crippen molar-refractivity contribution >= 4 is 28.3 Å². The lowest BCUT2D eigenvalue weighted by Crippen LogP contribution is -2.09. The SMILES string of the molecule is CC(C(=O)c1c[nH]c2cccc(Cl)c12)c1ccccc1. The number of aromatic nitrogens is 1. The van der Waals surface area contributed by atoms with Gasteiger partial charge in [0, 0.05) is 28.6 Å². The van der Waals surface area contributed by atoms with Gasteiger partial charge in [-0.2, -0.15) is 0 Å². The van der Waals surface area contributed by atoms with Gasteiger partial charge in [0.2, 0.25) is 0 Å². The third-order valence-electron chi connectivity index (χ3n) is 3.61. The fraction of sp³-hybridized carbons (Fsp3) is 0.118. The van der Waals surface area contributed by atoms with Crippen molar-refractivity contribution < 1.29 is 4.79 Å². The first kappa shape index (κ1) is 12.9. The Morgan fingerprint density at radius 3 is 2.60 bits per heavy atom. The van der Waals surface area contributed by atoms with Gasteiger partial charge in [-0.3, -0.25) is 4.79 Å². The second-order valence-corrected chi connectivity index (χ2v) is 5.27. The predicted octanol–water partition coefficient (Wildman–Crippen LogP) is 4.81. The van der Waals surface area contributed by atoms with Gasteiger partial charge < -0.3 is 4.98 Å². The maximum absolute atomic E-state index is 12.7. The molecule has 0 aliphatic carbocycles. The van der Waals surface area contributed by atoms with E-state index < -0.39 is 0 Å². The van der Waals surface area contributed by atoms with E-state index in [2.05, 4.69) is 4.98 Å². The molecule has 1 heterocycles. The molecular formula is C17H14ClNO. The summed E-state index contributed by atoms with van der Waals surface area (Å²) in [6.45, 7) is 1.92. The molecule has 2 aromatic carbocycles. The number of hydrogen-bond donors (Lipinski definition) is 1. The van der Waals surface area contributed by atoms with Crippen LogP contribution in [0.1, 0.15) is 28.8 Å². The van der Waals surface area contributed by atoms with Gasteiger partial charge in [-0.1, -0.05) is 54.9 Å². The third kappa shape index (κ3) is 2.12. The number of hydrogen-bond acceptors (Lipinski definition) is 1. The molecule has 20 heavy (non-hydrogen) atoms.